The minimum atomic E-state index is -0.914. The number of amides is 1. The molecule has 0 aromatic carbocycles. The highest BCUT2D eigenvalue weighted by molar-refractivity contribution is 7.99. The summed E-state index contributed by atoms with van der Waals surface area (Å²) in [6.07, 6.45) is -0.0912. The summed E-state index contributed by atoms with van der Waals surface area (Å²) in [4.78, 5) is 23.7. The fourth-order valence-electron chi connectivity index (χ4n) is 1.72. The van der Waals surface area contributed by atoms with Gasteiger partial charge in [0.1, 0.15) is 0 Å². The van der Waals surface area contributed by atoms with Crippen LogP contribution in [0.15, 0.2) is 17.5 Å². The van der Waals surface area contributed by atoms with Gasteiger partial charge < -0.3 is 10.4 Å². The summed E-state index contributed by atoms with van der Waals surface area (Å²) in [7, 11) is 0. The zero-order valence-electron chi connectivity index (χ0n) is 9.59. The number of thioether (sulfide) groups is 1. The van der Waals surface area contributed by atoms with Crippen LogP contribution >= 0.6 is 23.1 Å². The van der Waals surface area contributed by atoms with Gasteiger partial charge in [-0.05, 0) is 11.4 Å². The molecule has 0 aliphatic carbocycles. The van der Waals surface area contributed by atoms with E-state index in [9.17, 15) is 9.59 Å². The van der Waals surface area contributed by atoms with Gasteiger partial charge in [-0.25, -0.2) is 0 Å². The normalized spacial score (nSPS) is 20.6. The van der Waals surface area contributed by atoms with Crippen molar-refractivity contribution in [1.29, 1.82) is 0 Å². The van der Waals surface area contributed by atoms with Crippen LogP contribution in [0, 0.1) is 0 Å². The maximum absolute atomic E-state index is 12.0. The van der Waals surface area contributed by atoms with Gasteiger partial charge in [0.05, 0.1) is 18.5 Å². The van der Waals surface area contributed by atoms with Crippen molar-refractivity contribution >= 4 is 35.0 Å². The second-order valence-corrected chi connectivity index (χ2v) is 5.96. The average molecular weight is 286 g/mol. The van der Waals surface area contributed by atoms with E-state index in [0.717, 1.165) is 16.5 Å². The molecule has 0 spiro atoms. The molecule has 2 atom stereocenters. The van der Waals surface area contributed by atoms with Crippen molar-refractivity contribution in [3.05, 3.63) is 22.4 Å². The summed E-state index contributed by atoms with van der Waals surface area (Å²) < 4.78 is 0. The first-order chi connectivity index (χ1) is 8.66. The van der Waals surface area contributed by atoms with Crippen molar-refractivity contribution in [2.45, 2.75) is 18.5 Å². The molecular weight excluding hydrogens is 272 g/mol. The first-order valence-corrected chi connectivity index (χ1v) is 7.57. The Morgan fingerprint density at radius 3 is 3.00 bits per heavy atom. The highest BCUT2D eigenvalue weighted by Crippen LogP contribution is 2.22. The van der Waals surface area contributed by atoms with Crippen molar-refractivity contribution in [1.82, 2.24) is 10.6 Å². The number of nitrogens with one attached hydrogen (secondary N) is 2. The van der Waals surface area contributed by atoms with Gasteiger partial charge in [0.15, 0.2) is 0 Å². The molecule has 1 aromatic heterocycles. The Hall–Kier alpha value is -1.05. The Labute approximate surface area is 113 Å². The fraction of sp³-hybridized carbons (Fsp3) is 0.455. The summed E-state index contributed by atoms with van der Waals surface area (Å²) in [5.41, 5.74) is 0. The van der Waals surface area contributed by atoms with Crippen molar-refractivity contribution in [3.8, 4) is 0 Å². The lowest BCUT2D eigenvalue weighted by Crippen LogP contribution is -2.43. The average Bonchev–Trinajstić information content (AvgIpc) is 3.01. The van der Waals surface area contributed by atoms with E-state index in [1.54, 1.807) is 11.8 Å². The lowest BCUT2D eigenvalue weighted by Gasteiger charge is -2.18. The molecule has 1 amide bonds. The largest absolute Gasteiger partial charge is 0.481 e. The van der Waals surface area contributed by atoms with Gasteiger partial charge in [-0.15, -0.1) is 23.1 Å². The fourth-order valence-corrected chi connectivity index (χ4v) is 3.44. The van der Waals surface area contributed by atoms with E-state index in [2.05, 4.69) is 10.6 Å². The van der Waals surface area contributed by atoms with Crippen LogP contribution in [0.25, 0.3) is 0 Å². The summed E-state index contributed by atoms with van der Waals surface area (Å²) in [5.74, 6) is 0.457. The standard InChI is InChI=1S/C11H14N2O3S2/c14-10(15)4-7(9-2-1-3-18-9)13-11(16)8-5-17-6-12-8/h1-3,7-8,12H,4-6H2,(H,13,16)(H,14,15). The van der Waals surface area contributed by atoms with Crippen LogP contribution in [-0.4, -0.2) is 34.7 Å². The van der Waals surface area contributed by atoms with Crippen LogP contribution in [0.1, 0.15) is 17.3 Å². The summed E-state index contributed by atoms with van der Waals surface area (Å²) in [6, 6.07) is 3.04. The molecule has 7 heteroatoms. The molecule has 18 heavy (non-hydrogen) atoms. The maximum Gasteiger partial charge on any atom is 0.305 e. The van der Waals surface area contributed by atoms with Gasteiger partial charge in [-0.3, -0.25) is 14.9 Å². The molecule has 1 aliphatic heterocycles. The first-order valence-electron chi connectivity index (χ1n) is 5.53. The summed E-state index contributed by atoms with van der Waals surface area (Å²) in [6.45, 7) is 0. The van der Waals surface area contributed by atoms with Gasteiger partial charge >= 0.3 is 5.97 Å². The van der Waals surface area contributed by atoms with Gasteiger partial charge in [0.25, 0.3) is 0 Å². The van der Waals surface area contributed by atoms with Crippen LogP contribution in [0.5, 0.6) is 0 Å². The van der Waals surface area contributed by atoms with Crippen molar-refractivity contribution < 1.29 is 14.7 Å². The molecule has 0 radical (unpaired) electrons. The smallest absolute Gasteiger partial charge is 0.305 e. The number of carboxylic acids is 1. The third kappa shape index (κ3) is 3.47. The van der Waals surface area contributed by atoms with Crippen LogP contribution in [0.2, 0.25) is 0 Å². The van der Waals surface area contributed by atoms with Gasteiger partial charge in [0.2, 0.25) is 5.91 Å². The lowest BCUT2D eigenvalue weighted by atomic mass is 10.1. The van der Waals surface area contributed by atoms with Crippen molar-refractivity contribution in [2.24, 2.45) is 0 Å². The van der Waals surface area contributed by atoms with Gasteiger partial charge in [0, 0.05) is 16.5 Å². The van der Waals surface area contributed by atoms with E-state index in [1.165, 1.54) is 11.3 Å². The highest BCUT2D eigenvalue weighted by atomic mass is 32.2. The van der Waals surface area contributed by atoms with Crippen molar-refractivity contribution in [2.75, 3.05) is 11.6 Å². The number of carbonyl (C=O) groups excluding carboxylic acids is 1. The minimum absolute atomic E-state index is 0.0912. The second kappa shape index (κ2) is 6.21. The summed E-state index contributed by atoms with van der Waals surface area (Å²) >= 11 is 3.12. The molecule has 1 aliphatic rings. The monoisotopic (exact) mass is 286 g/mol. The van der Waals surface area contributed by atoms with Crippen LogP contribution in [-0.2, 0) is 9.59 Å². The zero-order valence-corrected chi connectivity index (χ0v) is 11.2. The first kappa shape index (κ1) is 13.4. The molecule has 1 fully saturated rings. The number of aliphatic carboxylic acids is 1. The second-order valence-electron chi connectivity index (χ2n) is 3.95. The maximum atomic E-state index is 12.0. The number of rotatable bonds is 5. The Morgan fingerprint density at radius 1 is 1.61 bits per heavy atom. The molecule has 1 saturated heterocycles. The molecule has 2 heterocycles. The molecule has 98 valence electrons. The Kier molecular flexibility index (Phi) is 4.62. The van der Waals surface area contributed by atoms with E-state index < -0.39 is 12.0 Å². The predicted octanol–water partition coefficient (Wildman–Crippen LogP) is 1.04. The molecule has 0 saturated carbocycles. The third-order valence-electron chi connectivity index (χ3n) is 2.61. The predicted molar refractivity (Wildman–Crippen MR) is 71.7 cm³/mol. The van der Waals surface area contributed by atoms with E-state index >= 15 is 0 Å². The SMILES string of the molecule is O=C(O)CC(NC(=O)C1CSCN1)c1cccs1. The summed E-state index contributed by atoms with van der Waals surface area (Å²) in [5, 5.41) is 16.6. The number of hydrogen-bond donors (Lipinski definition) is 3. The molecule has 5 nitrogen and oxygen atoms in total. The number of thiophene rings is 1. The van der Waals surface area contributed by atoms with E-state index in [1.807, 2.05) is 17.5 Å². The molecule has 1 aromatic rings. The Balaban J connectivity index is 2.00. The Bertz CT molecular complexity index is 416. The van der Waals surface area contributed by atoms with Gasteiger partial charge in [-0.1, -0.05) is 6.07 Å². The van der Waals surface area contributed by atoms with Crippen LogP contribution in [0.4, 0.5) is 0 Å². The highest BCUT2D eigenvalue weighted by Gasteiger charge is 2.26. The Morgan fingerprint density at radius 2 is 2.44 bits per heavy atom. The van der Waals surface area contributed by atoms with E-state index in [4.69, 9.17) is 5.11 Å². The van der Waals surface area contributed by atoms with Gasteiger partial charge in [-0.2, -0.15) is 0 Å². The molecule has 3 N–H and O–H groups in total. The number of hydrogen-bond acceptors (Lipinski definition) is 5. The number of carbonyl (C=O) groups is 2. The topological polar surface area (TPSA) is 78.4 Å². The molecule has 0 bridgehead atoms. The van der Waals surface area contributed by atoms with E-state index in [-0.39, 0.29) is 18.4 Å². The van der Waals surface area contributed by atoms with Crippen LogP contribution < -0.4 is 10.6 Å². The molecular formula is C11H14N2O3S2. The van der Waals surface area contributed by atoms with Crippen molar-refractivity contribution in [3.63, 3.8) is 0 Å². The van der Waals surface area contributed by atoms with Crippen LogP contribution in [0.3, 0.4) is 0 Å². The molecule has 2 rings (SSSR count). The van der Waals surface area contributed by atoms with E-state index in [0.29, 0.717) is 0 Å². The minimum Gasteiger partial charge on any atom is -0.481 e. The lowest BCUT2D eigenvalue weighted by molar-refractivity contribution is -0.137. The zero-order chi connectivity index (χ0) is 13.0. The molecule has 2 unspecified atom stereocenters. The third-order valence-corrected chi connectivity index (χ3v) is 4.54. The quantitative estimate of drug-likeness (QED) is 0.754. The number of carboxylic acid groups (broad SMARTS) is 1.